The average Bonchev–Trinajstić information content (AvgIpc) is 3.79. The molecule has 4 N–H and O–H groups in total. The summed E-state index contributed by atoms with van der Waals surface area (Å²) in [7, 11) is 0.0000194. The molecule has 3 saturated heterocycles. The van der Waals surface area contributed by atoms with E-state index in [-0.39, 0.29) is 48.4 Å². The van der Waals surface area contributed by atoms with Crippen molar-refractivity contribution in [3.05, 3.63) is 59.3 Å². The van der Waals surface area contributed by atoms with E-state index in [0.717, 1.165) is 52.5 Å². The normalized spacial score (nSPS) is 20.8. The number of fused-ring (bicyclic) bond motifs is 2. The molecule has 5 heterocycles. The molecule has 266 valence electrons. The number of likely N-dealkylation sites (tertiary alicyclic amines) is 3. The Kier molecular flexibility index (Phi) is 9.07. The van der Waals surface area contributed by atoms with E-state index in [4.69, 9.17) is 1.37 Å². The summed E-state index contributed by atoms with van der Waals surface area (Å²) in [5.41, 5.74) is 4.81. The van der Waals surface area contributed by atoms with Gasteiger partial charge in [-0.15, -0.1) is 0 Å². The summed E-state index contributed by atoms with van der Waals surface area (Å²) in [4.78, 5) is 61.4. The zero-order valence-electron chi connectivity index (χ0n) is 30.0. The number of likely N-dealkylation sites (N-methyl/N-ethyl adjacent to an activating group) is 1. The van der Waals surface area contributed by atoms with Crippen molar-refractivity contribution < 1.29 is 20.5 Å². The molecule has 2 aromatic carbocycles. The molecule has 7 rings (SSSR count). The molecule has 13 nitrogen and oxygen atoms in total. The number of carbonyl (C=O) groups is 4. The fraction of sp³-hybridized carbons (Fsp3) is 0.541. The number of aromatic nitrogens is 2. The molecule has 0 saturated carbocycles. The van der Waals surface area contributed by atoms with E-state index in [1.165, 1.54) is 0 Å². The number of carbonyl (C=O) groups excluding carboxylic acids is 4. The summed E-state index contributed by atoms with van der Waals surface area (Å²) in [6, 6.07) is 10.4. The Morgan fingerprint density at radius 3 is 2.52 bits per heavy atom. The van der Waals surface area contributed by atoms with Gasteiger partial charge in [-0.05, 0) is 87.2 Å². The number of H-pyrrole nitrogens is 1. The fourth-order valence-electron chi connectivity index (χ4n) is 8.32. The van der Waals surface area contributed by atoms with Crippen LogP contribution in [-0.2, 0) is 22.6 Å². The van der Waals surface area contributed by atoms with Crippen molar-refractivity contribution in [2.75, 3.05) is 51.6 Å². The van der Waals surface area contributed by atoms with Crippen LogP contribution in [0.25, 0.3) is 10.9 Å². The van der Waals surface area contributed by atoms with Gasteiger partial charge in [-0.25, -0.2) is 9.59 Å². The molecule has 3 fully saturated rings. The molecule has 4 aliphatic rings. The number of hydrogen-bond acceptors (Lipinski definition) is 6. The lowest BCUT2D eigenvalue weighted by Gasteiger charge is -2.41. The second-order valence-electron chi connectivity index (χ2n) is 14.6. The largest absolute Gasteiger partial charge is 0.341 e. The van der Waals surface area contributed by atoms with Gasteiger partial charge >= 0.3 is 12.1 Å². The molecular weight excluding hydrogens is 634 g/mol. The zero-order valence-corrected chi connectivity index (χ0v) is 29.0. The van der Waals surface area contributed by atoms with Gasteiger partial charge in [0, 0.05) is 70.7 Å². The number of piperidine rings is 2. The van der Waals surface area contributed by atoms with Crippen LogP contribution in [0, 0.1) is 12.3 Å². The van der Waals surface area contributed by atoms with E-state index in [0.29, 0.717) is 65.1 Å². The first kappa shape index (κ1) is 32.5. The second-order valence-corrected chi connectivity index (χ2v) is 14.6. The molecule has 4 aliphatic heterocycles. The molecule has 1 aromatic heterocycles. The van der Waals surface area contributed by atoms with Crippen molar-refractivity contribution in [2.24, 2.45) is 5.41 Å². The number of amides is 6. The van der Waals surface area contributed by atoms with Crippen LogP contribution < -0.4 is 16.0 Å². The van der Waals surface area contributed by atoms with Crippen molar-refractivity contribution in [1.82, 2.24) is 40.4 Å². The average molecular weight is 685 g/mol. The predicted molar refractivity (Wildman–Crippen MR) is 190 cm³/mol. The summed E-state index contributed by atoms with van der Waals surface area (Å²) < 4.78 is 7.38. The number of aromatic amines is 1. The SMILES string of the molecule is [2H]CN[C@@H](C)C(=O)N1CCC2(CC1)CCN(C(=O)[C@@H](Cc1cc(C)c3[nH]ncc3c1)NC(=O)N1CCC(N3Cc4ccccc4NC3=O)CC1)C2. The summed E-state index contributed by atoms with van der Waals surface area (Å²) in [5, 5.41) is 17.2. The molecule has 0 bridgehead atoms. The van der Waals surface area contributed by atoms with Crippen LogP contribution in [0.15, 0.2) is 42.6 Å². The van der Waals surface area contributed by atoms with Crippen molar-refractivity contribution in [3.63, 3.8) is 0 Å². The lowest BCUT2D eigenvalue weighted by Crippen LogP contribution is -2.56. The molecule has 13 heteroatoms. The first-order valence-corrected chi connectivity index (χ1v) is 17.9. The van der Waals surface area contributed by atoms with Crippen molar-refractivity contribution >= 4 is 40.5 Å². The minimum atomic E-state index is -0.753. The Bertz CT molecular complexity index is 1780. The van der Waals surface area contributed by atoms with Crippen molar-refractivity contribution in [2.45, 2.75) is 77.0 Å². The number of rotatable bonds is 7. The number of nitrogens with one attached hydrogen (secondary N) is 4. The quantitative estimate of drug-likeness (QED) is 0.300. The molecule has 1 spiro atoms. The summed E-state index contributed by atoms with van der Waals surface area (Å²) in [5.74, 6) is -0.0697. The number of urea groups is 2. The summed E-state index contributed by atoms with van der Waals surface area (Å²) in [6.07, 6.45) is 5.94. The molecule has 2 atom stereocenters. The first-order valence-electron chi connectivity index (χ1n) is 18.6. The van der Waals surface area contributed by atoms with Gasteiger partial charge in [0.2, 0.25) is 11.8 Å². The molecule has 3 aromatic rings. The monoisotopic (exact) mass is 684 g/mol. The minimum absolute atomic E-state index is 0.0000194. The first-order chi connectivity index (χ1) is 24.6. The van der Waals surface area contributed by atoms with Gasteiger partial charge < -0.3 is 35.6 Å². The van der Waals surface area contributed by atoms with E-state index in [2.05, 4.69) is 32.2 Å². The van der Waals surface area contributed by atoms with Gasteiger partial charge in [-0.1, -0.05) is 24.3 Å². The van der Waals surface area contributed by atoms with Gasteiger partial charge in [0.15, 0.2) is 0 Å². The number of anilines is 1. The van der Waals surface area contributed by atoms with Crippen LogP contribution in [0.3, 0.4) is 0 Å². The van der Waals surface area contributed by atoms with Gasteiger partial charge in [-0.3, -0.25) is 14.7 Å². The molecular formula is C37H49N9O4. The Hall–Kier alpha value is -4.65. The molecule has 50 heavy (non-hydrogen) atoms. The van der Waals surface area contributed by atoms with E-state index < -0.39 is 6.04 Å². The number of benzene rings is 2. The summed E-state index contributed by atoms with van der Waals surface area (Å²) >= 11 is 0. The molecule has 0 aliphatic carbocycles. The van der Waals surface area contributed by atoms with E-state index in [9.17, 15) is 19.2 Å². The van der Waals surface area contributed by atoms with Gasteiger partial charge in [0.1, 0.15) is 6.04 Å². The van der Waals surface area contributed by atoms with Gasteiger partial charge in [-0.2, -0.15) is 5.10 Å². The highest BCUT2D eigenvalue weighted by atomic mass is 16.2. The molecule has 0 unspecified atom stereocenters. The maximum Gasteiger partial charge on any atom is 0.322 e. The van der Waals surface area contributed by atoms with E-state index >= 15 is 0 Å². The Labute approximate surface area is 294 Å². The molecule has 0 radical (unpaired) electrons. The van der Waals surface area contributed by atoms with Crippen LogP contribution in [0.5, 0.6) is 0 Å². The summed E-state index contributed by atoms with van der Waals surface area (Å²) in [6.45, 7) is 7.82. The Morgan fingerprint density at radius 2 is 1.76 bits per heavy atom. The minimum Gasteiger partial charge on any atom is -0.341 e. The van der Waals surface area contributed by atoms with Crippen molar-refractivity contribution in [1.29, 1.82) is 0 Å². The second kappa shape index (κ2) is 13.9. The molecule has 6 amide bonds. The predicted octanol–water partition coefficient (Wildman–Crippen LogP) is 3.45. The zero-order chi connectivity index (χ0) is 35.7. The Morgan fingerprint density at radius 1 is 1.02 bits per heavy atom. The van der Waals surface area contributed by atoms with E-state index in [1.54, 1.807) is 18.0 Å². The van der Waals surface area contributed by atoms with Crippen molar-refractivity contribution in [3.8, 4) is 0 Å². The Balaban J connectivity index is 1.01. The van der Waals surface area contributed by atoms with Crippen LogP contribution in [0.1, 0.15) is 57.1 Å². The number of aryl methyl sites for hydroxylation is 1. The van der Waals surface area contributed by atoms with Crippen LogP contribution in [-0.4, -0.2) is 118 Å². The number of nitrogens with zero attached hydrogens (tertiary/aromatic N) is 5. The topological polar surface area (TPSA) is 146 Å². The lowest BCUT2D eigenvalue weighted by molar-refractivity contribution is -0.136. The maximum atomic E-state index is 14.4. The highest BCUT2D eigenvalue weighted by Crippen LogP contribution is 2.41. The third kappa shape index (κ3) is 6.75. The van der Waals surface area contributed by atoms with Crippen LogP contribution >= 0.6 is 0 Å². The van der Waals surface area contributed by atoms with Crippen LogP contribution in [0.4, 0.5) is 15.3 Å². The van der Waals surface area contributed by atoms with Gasteiger partial charge in [0.05, 0.1) is 17.8 Å². The fourth-order valence-corrected chi connectivity index (χ4v) is 8.32. The van der Waals surface area contributed by atoms with Crippen LogP contribution in [0.2, 0.25) is 0 Å². The third-order valence-electron chi connectivity index (χ3n) is 11.5. The standard InChI is InChI=1S/C37H49N9O4/c1-24-18-26(19-28-21-39-42-32(24)28)20-31(34(48)45-17-12-37(23-45)10-15-43(16-11-37)33(47)25(2)38-3)41-35(49)44-13-8-29(9-14-44)46-22-27-6-4-5-7-30(27)40-36(46)50/h4-7,18-19,21,25,29,31,38H,8-17,20,22-23H2,1-3H3,(H,39,42)(H,40,50)(H,41,49)/t25-,31+/m0/s1/i3D. The number of hydrogen-bond donors (Lipinski definition) is 4. The lowest BCUT2D eigenvalue weighted by atomic mass is 9.77. The highest BCUT2D eigenvalue weighted by molar-refractivity contribution is 5.92. The number of para-hydroxylation sites is 1. The smallest absolute Gasteiger partial charge is 0.322 e. The van der Waals surface area contributed by atoms with E-state index in [1.807, 2.05) is 52.0 Å². The maximum absolute atomic E-state index is 14.4. The highest BCUT2D eigenvalue weighted by Gasteiger charge is 2.44. The van der Waals surface area contributed by atoms with Gasteiger partial charge in [0.25, 0.3) is 0 Å². The third-order valence-corrected chi connectivity index (χ3v) is 11.5.